The van der Waals surface area contributed by atoms with Gasteiger partial charge in [-0.15, -0.1) is 0 Å². The van der Waals surface area contributed by atoms with E-state index in [1.54, 1.807) is 20.3 Å². The summed E-state index contributed by atoms with van der Waals surface area (Å²) in [5.41, 5.74) is 0.677. The van der Waals surface area contributed by atoms with Crippen LogP contribution in [-0.2, 0) is 0 Å². The second kappa shape index (κ2) is 4.30. The normalized spacial score (nSPS) is 28.7. The third-order valence-corrected chi connectivity index (χ3v) is 4.38. The highest BCUT2D eigenvalue weighted by Crippen LogP contribution is 2.59. The molecule has 0 saturated heterocycles. The average Bonchev–Trinajstić information content (AvgIpc) is 2.89. The summed E-state index contributed by atoms with van der Waals surface area (Å²) in [7, 11) is 3.22. The monoisotopic (exact) mass is 246 g/mol. The molecule has 0 heterocycles. The van der Waals surface area contributed by atoms with Crippen molar-refractivity contribution < 1.29 is 14.3 Å². The molecule has 0 aliphatic heterocycles. The molecule has 0 N–H and O–H groups in total. The van der Waals surface area contributed by atoms with Gasteiger partial charge in [-0.25, -0.2) is 0 Å². The first-order valence-corrected chi connectivity index (χ1v) is 6.52. The van der Waals surface area contributed by atoms with Gasteiger partial charge in [0, 0.05) is 5.92 Å². The van der Waals surface area contributed by atoms with Crippen LogP contribution in [0.5, 0.6) is 11.5 Å². The smallest absolute Gasteiger partial charge is 0.170 e. The van der Waals surface area contributed by atoms with Gasteiger partial charge < -0.3 is 9.47 Å². The molecule has 2 aliphatic rings. The minimum Gasteiger partial charge on any atom is -0.497 e. The van der Waals surface area contributed by atoms with Crippen LogP contribution in [0.3, 0.4) is 0 Å². The van der Waals surface area contributed by atoms with Crippen LogP contribution in [0.15, 0.2) is 18.2 Å². The first-order valence-electron chi connectivity index (χ1n) is 6.52. The van der Waals surface area contributed by atoms with Gasteiger partial charge in [0.2, 0.25) is 0 Å². The predicted molar refractivity (Wildman–Crippen MR) is 68.2 cm³/mol. The fourth-order valence-electron chi connectivity index (χ4n) is 3.40. The first-order chi connectivity index (χ1) is 8.76. The van der Waals surface area contributed by atoms with E-state index < -0.39 is 0 Å². The Balaban J connectivity index is 1.88. The molecule has 2 aliphatic carbocycles. The summed E-state index contributed by atoms with van der Waals surface area (Å²) in [5.74, 6) is 3.11. The van der Waals surface area contributed by atoms with Crippen LogP contribution in [0.1, 0.15) is 29.6 Å². The average molecular weight is 246 g/mol. The lowest BCUT2D eigenvalue weighted by atomic mass is 10.0. The van der Waals surface area contributed by atoms with Crippen molar-refractivity contribution in [1.82, 2.24) is 0 Å². The summed E-state index contributed by atoms with van der Waals surface area (Å²) in [6.45, 7) is 0. The molecular weight excluding hydrogens is 228 g/mol. The number of hydrogen-bond acceptors (Lipinski definition) is 3. The van der Waals surface area contributed by atoms with Gasteiger partial charge in [0.05, 0.1) is 19.8 Å². The standard InChI is InChI=1S/C15H18O3/c1-17-9-6-7-13(18-2)12(8-9)15(16)14-10-4-3-5-11(10)14/h6-8,10-11,14H,3-5H2,1-2H3. The number of Topliss-reactive ketones (excluding diaryl/α,β-unsaturated/α-hetero) is 1. The lowest BCUT2D eigenvalue weighted by Crippen LogP contribution is -2.08. The minimum absolute atomic E-state index is 0.236. The maximum absolute atomic E-state index is 12.5. The summed E-state index contributed by atoms with van der Waals surface area (Å²) in [4.78, 5) is 12.5. The number of rotatable bonds is 4. The lowest BCUT2D eigenvalue weighted by molar-refractivity contribution is 0.0948. The van der Waals surface area contributed by atoms with Crippen LogP contribution in [-0.4, -0.2) is 20.0 Å². The second-order valence-corrected chi connectivity index (χ2v) is 5.21. The quantitative estimate of drug-likeness (QED) is 0.766. The fraction of sp³-hybridized carbons (Fsp3) is 0.533. The Morgan fingerprint density at radius 1 is 1.17 bits per heavy atom. The maximum Gasteiger partial charge on any atom is 0.170 e. The van der Waals surface area contributed by atoms with Gasteiger partial charge in [-0.2, -0.15) is 0 Å². The molecule has 3 rings (SSSR count). The predicted octanol–water partition coefficient (Wildman–Crippen LogP) is 2.93. The van der Waals surface area contributed by atoms with E-state index in [1.807, 2.05) is 12.1 Å². The third-order valence-electron chi connectivity index (χ3n) is 4.38. The van der Waals surface area contributed by atoms with E-state index in [0.29, 0.717) is 28.9 Å². The Morgan fingerprint density at radius 3 is 2.50 bits per heavy atom. The molecule has 0 aromatic heterocycles. The van der Waals surface area contributed by atoms with Crippen molar-refractivity contribution in [2.24, 2.45) is 17.8 Å². The van der Waals surface area contributed by atoms with E-state index in [9.17, 15) is 4.79 Å². The largest absolute Gasteiger partial charge is 0.497 e. The highest BCUT2D eigenvalue weighted by molar-refractivity contribution is 6.02. The van der Waals surface area contributed by atoms with Crippen molar-refractivity contribution in [1.29, 1.82) is 0 Å². The van der Waals surface area contributed by atoms with E-state index in [0.717, 1.165) is 0 Å². The Morgan fingerprint density at radius 2 is 1.89 bits per heavy atom. The summed E-state index contributed by atoms with van der Waals surface area (Å²) < 4.78 is 10.5. The number of hydrogen-bond donors (Lipinski definition) is 0. The van der Waals surface area contributed by atoms with Gasteiger partial charge in [-0.05, 0) is 42.9 Å². The number of carbonyl (C=O) groups excluding carboxylic acids is 1. The number of ether oxygens (including phenoxy) is 2. The zero-order valence-corrected chi connectivity index (χ0v) is 10.8. The number of ketones is 1. The number of methoxy groups -OCH3 is 2. The molecule has 3 heteroatoms. The number of benzene rings is 1. The zero-order chi connectivity index (χ0) is 12.7. The van der Waals surface area contributed by atoms with Crippen LogP contribution < -0.4 is 9.47 Å². The van der Waals surface area contributed by atoms with Gasteiger partial charge in [0.1, 0.15) is 11.5 Å². The Labute approximate surface area is 107 Å². The molecule has 2 fully saturated rings. The molecule has 2 unspecified atom stereocenters. The van der Waals surface area contributed by atoms with Gasteiger partial charge in [-0.3, -0.25) is 4.79 Å². The topological polar surface area (TPSA) is 35.5 Å². The summed E-state index contributed by atoms with van der Waals surface area (Å²) in [6.07, 6.45) is 3.72. The van der Waals surface area contributed by atoms with Crippen LogP contribution >= 0.6 is 0 Å². The van der Waals surface area contributed by atoms with Gasteiger partial charge >= 0.3 is 0 Å². The lowest BCUT2D eigenvalue weighted by Gasteiger charge is -2.10. The molecule has 0 amide bonds. The SMILES string of the molecule is COc1ccc(OC)c(C(=O)C2C3CCCC32)c1. The van der Waals surface area contributed by atoms with Crippen LogP contribution in [0, 0.1) is 17.8 Å². The van der Waals surface area contributed by atoms with Gasteiger partial charge in [0.25, 0.3) is 0 Å². The molecular formula is C15H18O3. The van der Waals surface area contributed by atoms with Crippen molar-refractivity contribution in [2.75, 3.05) is 14.2 Å². The molecule has 18 heavy (non-hydrogen) atoms. The first kappa shape index (κ1) is 11.6. The van der Waals surface area contributed by atoms with Crippen LogP contribution in [0.2, 0.25) is 0 Å². The van der Waals surface area contributed by atoms with Gasteiger partial charge in [-0.1, -0.05) is 6.42 Å². The van der Waals surface area contributed by atoms with Crippen molar-refractivity contribution in [3.63, 3.8) is 0 Å². The van der Waals surface area contributed by atoms with Gasteiger partial charge in [0.15, 0.2) is 5.78 Å². The molecule has 1 aromatic carbocycles. The molecule has 2 saturated carbocycles. The Hall–Kier alpha value is -1.51. The maximum atomic E-state index is 12.5. The van der Waals surface area contributed by atoms with E-state index in [2.05, 4.69) is 0 Å². The van der Waals surface area contributed by atoms with Crippen molar-refractivity contribution >= 4 is 5.78 Å². The van der Waals surface area contributed by atoms with E-state index in [1.165, 1.54) is 19.3 Å². The zero-order valence-electron chi connectivity index (χ0n) is 10.8. The van der Waals surface area contributed by atoms with Crippen LogP contribution in [0.25, 0.3) is 0 Å². The van der Waals surface area contributed by atoms with Crippen molar-refractivity contribution in [3.8, 4) is 11.5 Å². The van der Waals surface area contributed by atoms with E-state index >= 15 is 0 Å². The number of fused-ring (bicyclic) bond motifs is 1. The van der Waals surface area contributed by atoms with E-state index in [4.69, 9.17) is 9.47 Å². The molecule has 3 nitrogen and oxygen atoms in total. The van der Waals surface area contributed by atoms with Crippen molar-refractivity contribution in [2.45, 2.75) is 19.3 Å². The number of carbonyl (C=O) groups is 1. The molecule has 0 radical (unpaired) electrons. The van der Waals surface area contributed by atoms with Crippen molar-refractivity contribution in [3.05, 3.63) is 23.8 Å². The second-order valence-electron chi connectivity index (χ2n) is 5.21. The highest BCUT2D eigenvalue weighted by atomic mass is 16.5. The molecule has 1 aromatic rings. The molecule has 96 valence electrons. The molecule has 2 atom stereocenters. The fourth-order valence-corrected chi connectivity index (χ4v) is 3.40. The summed E-state index contributed by atoms with van der Waals surface area (Å²) in [5, 5.41) is 0. The Bertz CT molecular complexity index is 471. The van der Waals surface area contributed by atoms with E-state index in [-0.39, 0.29) is 11.7 Å². The summed E-state index contributed by atoms with van der Waals surface area (Å²) >= 11 is 0. The van der Waals surface area contributed by atoms with Crippen LogP contribution in [0.4, 0.5) is 0 Å². The minimum atomic E-state index is 0.236. The summed E-state index contributed by atoms with van der Waals surface area (Å²) in [6, 6.07) is 5.43. The Kier molecular flexibility index (Phi) is 2.77. The molecule has 0 bridgehead atoms. The molecule has 0 spiro atoms. The third kappa shape index (κ3) is 1.69. The highest BCUT2D eigenvalue weighted by Gasteiger charge is 2.56.